The Hall–Kier alpha value is -2.41. The van der Waals surface area contributed by atoms with Crippen LogP contribution in [0.2, 0.25) is 0 Å². The standard InChI is InChI=1S/C16H20N4O3/c1-13(16(21)19-7-9-22-10-8-19)20-11-14(17-18-20)12-23-15-5-3-2-4-6-15/h2-6,11,13H,7-10,12H2,1H3. The van der Waals surface area contributed by atoms with Gasteiger partial charge in [-0.2, -0.15) is 0 Å². The average Bonchev–Trinajstić information content (AvgIpc) is 3.09. The van der Waals surface area contributed by atoms with Crippen LogP contribution in [0.4, 0.5) is 0 Å². The number of amides is 1. The Labute approximate surface area is 134 Å². The highest BCUT2D eigenvalue weighted by atomic mass is 16.5. The SMILES string of the molecule is CC(C(=O)N1CCOCC1)n1cc(COc2ccccc2)nn1. The third kappa shape index (κ3) is 3.87. The van der Waals surface area contributed by atoms with Crippen LogP contribution in [-0.2, 0) is 16.1 Å². The van der Waals surface area contributed by atoms with Crippen LogP contribution in [0.15, 0.2) is 36.5 Å². The monoisotopic (exact) mass is 316 g/mol. The van der Waals surface area contributed by atoms with Crippen LogP contribution in [0.1, 0.15) is 18.7 Å². The summed E-state index contributed by atoms with van der Waals surface area (Å²) in [6.07, 6.45) is 1.76. The van der Waals surface area contributed by atoms with Gasteiger partial charge in [0.25, 0.3) is 0 Å². The summed E-state index contributed by atoms with van der Waals surface area (Å²) in [6, 6.07) is 9.14. The number of hydrogen-bond acceptors (Lipinski definition) is 5. The number of nitrogens with zero attached hydrogens (tertiary/aromatic N) is 4. The predicted molar refractivity (Wildman–Crippen MR) is 82.9 cm³/mol. The average molecular weight is 316 g/mol. The second kappa shape index (κ2) is 7.23. The van der Waals surface area contributed by atoms with Crippen molar-refractivity contribution in [2.45, 2.75) is 19.6 Å². The normalized spacial score (nSPS) is 16.1. The van der Waals surface area contributed by atoms with Crippen LogP contribution in [0, 0.1) is 0 Å². The van der Waals surface area contributed by atoms with E-state index in [1.165, 1.54) is 0 Å². The van der Waals surface area contributed by atoms with Gasteiger partial charge in [0.2, 0.25) is 5.91 Å². The van der Waals surface area contributed by atoms with E-state index >= 15 is 0 Å². The molecule has 1 aromatic carbocycles. The zero-order chi connectivity index (χ0) is 16.1. The molecular formula is C16H20N4O3. The van der Waals surface area contributed by atoms with Crippen molar-refractivity contribution in [3.05, 3.63) is 42.2 Å². The van der Waals surface area contributed by atoms with E-state index in [2.05, 4.69) is 10.3 Å². The second-order valence-corrected chi connectivity index (χ2v) is 5.41. The number of benzene rings is 1. The minimum Gasteiger partial charge on any atom is -0.487 e. The number of carbonyl (C=O) groups is 1. The molecule has 1 saturated heterocycles. The van der Waals surface area contributed by atoms with E-state index < -0.39 is 0 Å². The highest BCUT2D eigenvalue weighted by molar-refractivity contribution is 5.80. The maximum absolute atomic E-state index is 12.4. The Balaban J connectivity index is 1.58. The number of carbonyl (C=O) groups excluding carboxylic acids is 1. The van der Waals surface area contributed by atoms with Gasteiger partial charge in [0.1, 0.15) is 24.1 Å². The molecule has 122 valence electrons. The maximum atomic E-state index is 12.4. The topological polar surface area (TPSA) is 69.5 Å². The fourth-order valence-electron chi connectivity index (χ4n) is 2.40. The van der Waals surface area contributed by atoms with E-state index in [0.29, 0.717) is 38.6 Å². The molecule has 1 aliphatic rings. The smallest absolute Gasteiger partial charge is 0.247 e. The van der Waals surface area contributed by atoms with Gasteiger partial charge in [-0.15, -0.1) is 5.10 Å². The number of ether oxygens (including phenoxy) is 2. The summed E-state index contributed by atoms with van der Waals surface area (Å²) >= 11 is 0. The van der Waals surface area contributed by atoms with Gasteiger partial charge in [0, 0.05) is 13.1 Å². The molecular weight excluding hydrogens is 296 g/mol. The lowest BCUT2D eigenvalue weighted by Gasteiger charge is -2.29. The molecule has 2 heterocycles. The number of rotatable bonds is 5. The first-order chi connectivity index (χ1) is 11.2. The maximum Gasteiger partial charge on any atom is 0.247 e. The Morgan fingerprint density at radius 1 is 1.30 bits per heavy atom. The summed E-state index contributed by atoms with van der Waals surface area (Å²) in [6.45, 7) is 4.58. The molecule has 1 fully saturated rings. The van der Waals surface area contributed by atoms with Gasteiger partial charge in [-0.25, -0.2) is 4.68 Å². The summed E-state index contributed by atoms with van der Waals surface area (Å²) in [5.41, 5.74) is 0.690. The third-order valence-corrected chi connectivity index (χ3v) is 3.76. The Morgan fingerprint density at radius 2 is 2.04 bits per heavy atom. The largest absolute Gasteiger partial charge is 0.487 e. The van der Waals surface area contributed by atoms with E-state index in [9.17, 15) is 4.79 Å². The molecule has 0 spiro atoms. The number of hydrogen-bond donors (Lipinski definition) is 0. The molecule has 23 heavy (non-hydrogen) atoms. The van der Waals surface area contributed by atoms with E-state index in [4.69, 9.17) is 9.47 Å². The number of para-hydroxylation sites is 1. The summed E-state index contributed by atoms with van der Waals surface area (Å²) in [7, 11) is 0. The van der Waals surface area contributed by atoms with Crippen molar-refractivity contribution in [2.75, 3.05) is 26.3 Å². The van der Waals surface area contributed by atoms with Crippen molar-refractivity contribution in [2.24, 2.45) is 0 Å². The van der Waals surface area contributed by atoms with Crippen LogP contribution in [0.3, 0.4) is 0 Å². The molecule has 0 bridgehead atoms. The lowest BCUT2D eigenvalue weighted by atomic mass is 10.2. The van der Waals surface area contributed by atoms with Gasteiger partial charge in [0.15, 0.2) is 0 Å². The van der Waals surface area contributed by atoms with Gasteiger partial charge >= 0.3 is 0 Å². The van der Waals surface area contributed by atoms with Crippen molar-refractivity contribution < 1.29 is 14.3 Å². The van der Waals surface area contributed by atoms with Gasteiger partial charge in [0.05, 0.1) is 19.4 Å². The van der Waals surface area contributed by atoms with Gasteiger partial charge < -0.3 is 14.4 Å². The summed E-state index contributed by atoms with van der Waals surface area (Å²) in [5.74, 6) is 0.813. The van der Waals surface area contributed by atoms with Gasteiger partial charge in [-0.1, -0.05) is 23.4 Å². The summed E-state index contributed by atoms with van der Waals surface area (Å²) in [4.78, 5) is 14.2. The molecule has 3 rings (SSSR count). The van der Waals surface area contributed by atoms with Crippen LogP contribution in [-0.4, -0.2) is 52.1 Å². The van der Waals surface area contributed by atoms with Crippen LogP contribution < -0.4 is 4.74 Å². The first-order valence-corrected chi connectivity index (χ1v) is 7.69. The second-order valence-electron chi connectivity index (χ2n) is 5.41. The molecule has 1 aliphatic heterocycles. The van der Waals surface area contributed by atoms with E-state index in [1.807, 2.05) is 37.3 Å². The molecule has 0 saturated carbocycles. The zero-order valence-electron chi connectivity index (χ0n) is 13.1. The summed E-state index contributed by atoms with van der Waals surface area (Å²) in [5, 5.41) is 8.12. The Morgan fingerprint density at radius 3 is 2.78 bits per heavy atom. The summed E-state index contributed by atoms with van der Waals surface area (Å²) < 4.78 is 12.5. The Kier molecular flexibility index (Phi) is 4.87. The molecule has 2 aromatic rings. The molecule has 7 heteroatoms. The lowest BCUT2D eigenvalue weighted by Crippen LogP contribution is -2.43. The fourth-order valence-corrected chi connectivity index (χ4v) is 2.40. The molecule has 1 atom stereocenters. The molecule has 7 nitrogen and oxygen atoms in total. The Bertz CT molecular complexity index is 638. The highest BCUT2D eigenvalue weighted by Crippen LogP contribution is 2.13. The van der Waals surface area contributed by atoms with Crippen molar-refractivity contribution >= 4 is 5.91 Å². The van der Waals surface area contributed by atoms with Crippen LogP contribution in [0.5, 0.6) is 5.75 Å². The minimum absolute atomic E-state index is 0.0359. The quantitative estimate of drug-likeness (QED) is 0.831. The molecule has 1 amide bonds. The van der Waals surface area contributed by atoms with Crippen molar-refractivity contribution in [1.29, 1.82) is 0 Å². The van der Waals surface area contributed by atoms with E-state index in [1.54, 1.807) is 15.8 Å². The molecule has 0 N–H and O–H groups in total. The van der Waals surface area contributed by atoms with Gasteiger partial charge in [-0.05, 0) is 19.1 Å². The van der Waals surface area contributed by atoms with E-state index in [0.717, 1.165) is 5.75 Å². The fraction of sp³-hybridized carbons (Fsp3) is 0.438. The van der Waals surface area contributed by atoms with E-state index in [-0.39, 0.29) is 11.9 Å². The molecule has 0 radical (unpaired) electrons. The van der Waals surface area contributed by atoms with Crippen molar-refractivity contribution in [3.63, 3.8) is 0 Å². The third-order valence-electron chi connectivity index (χ3n) is 3.76. The minimum atomic E-state index is -0.383. The predicted octanol–water partition coefficient (Wildman–Crippen LogP) is 1.28. The number of morpholine rings is 1. The zero-order valence-corrected chi connectivity index (χ0v) is 13.1. The number of aromatic nitrogens is 3. The van der Waals surface area contributed by atoms with Crippen molar-refractivity contribution in [3.8, 4) is 5.75 Å². The van der Waals surface area contributed by atoms with Crippen molar-refractivity contribution in [1.82, 2.24) is 19.9 Å². The van der Waals surface area contributed by atoms with Gasteiger partial charge in [-0.3, -0.25) is 4.79 Å². The lowest BCUT2D eigenvalue weighted by molar-refractivity contribution is -0.138. The highest BCUT2D eigenvalue weighted by Gasteiger charge is 2.24. The van der Waals surface area contributed by atoms with Crippen LogP contribution in [0.25, 0.3) is 0 Å². The van der Waals surface area contributed by atoms with Crippen LogP contribution >= 0.6 is 0 Å². The first-order valence-electron chi connectivity index (χ1n) is 7.69. The molecule has 1 unspecified atom stereocenters. The molecule has 0 aliphatic carbocycles. The molecule has 1 aromatic heterocycles. The first kappa shape index (κ1) is 15.5.